The Labute approximate surface area is 104 Å². The highest BCUT2D eigenvalue weighted by atomic mass is 16.6. The van der Waals surface area contributed by atoms with Gasteiger partial charge in [-0.25, -0.2) is 0 Å². The van der Waals surface area contributed by atoms with Crippen LogP contribution in [0.1, 0.15) is 36.0 Å². The highest BCUT2D eigenvalue weighted by Gasteiger charge is 2.27. The third-order valence-corrected chi connectivity index (χ3v) is 3.24. The van der Waals surface area contributed by atoms with E-state index in [-0.39, 0.29) is 29.6 Å². The molecule has 0 saturated heterocycles. The summed E-state index contributed by atoms with van der Waals surface area (Å²) >= 11 is 0. The summed E-state index contributed by atoms with van der Waals surface area (Å²) < 4.78 is 0. The lowest BCUT2D eigenvalue weighted by atomic mass is 9.96. The van der Waals surface area contributed by atoms with Crippen molar-refractivity contribution in [3.05, 3.63) is 39.9 Å². The van der Waals surface area contributed by atoms with Crippen LogP contribution in [-0.4, -0.2) is 16.5 Å². The van der Waals surface area contributed by atoms with Crippen molar-refractivity contribution >= 4 is 17.3 Å². The number of hydrogen-bond donors (Lipinski definition) is 0. The molecule has 0 amide bonds. The molecule has 18 heavy (non-hydrogen) atoms. The molecule has 0 aliphatic heterocycles. The summed E-state index contributed by atoms with van der Waals surface area (Å²) in [5.41, 5.74) is 0.211. The minimum Gasteiger partial charge on any atom is -0.299 e. The molecule has 2 rings (SSSR count). The third-order valence-electron chi connectivity index (χ3n) is 3.24. The highest BCUT2D eigenvalue weighted by Crippen LogP contribution is 2.26. The first-order valence-corrected chi connectivity index (χ1v) is 5.88. The average Bonchev–Trinajstić information content (AvgIpc) is 2.75. The first-order valence-electron chi connectivity index (χ1n) is 5.88. The number of nitro benzene ring substituents is 1. The summed E-state index contributed by atoms with van der Waals surface area (Å²) in [7, 11) is 0. The van der Waals surface area contributed by atoms with Gasteiger partial charge in [-0.05, 0) is 12.8 Å². The number of Topliss-reactive ketones (excluding diaryl/α,β-unsaturated/α-hetero) is 2. The lowest BCUT2D eigenvalue weighted by Gasteiger charge is -2.06. The quantitative estimate of drug-likeness (QED) is 0.465. The monoisotopic (exact) mass is 247 g/mol. The largest absolute Gasteiger partial charge is 0.299 e. The van der Waals surface area contributed by atoms with Gasteiger partial charge in [-0.15, -0.1) is 0 Å². The molecule has 5 nitrogen and oxygen atoms in total. The van der Waals surface area contributed by atoms with E-state index in [1.165, 1.54) is 18.2 Å². The Morgan fingerprint density at radius 1 is 1.44 bits per heavy atom. The molecule has 0 radical (unpaired) electrons. The maximum atomic E-state index is 11.9. The number of carbonyl (C=O) groups is 2. The summed E-state index contributed by atoms with van der Waals surface area (Å²) in [6.45, 7) is 0. The molecule has 1 aliphatic carbocycles. The van der Waals surface area contributed by atoms with E-state index >= 15 is 0 Å². The molecule has 1 atom stereocenters. The van der Waals surface area contributed by atoms with Gasteiger partial charge in [-0.2, -0.15) is 0 Å². The Bertz CT molecular complexity index is 509. The summed E-state index contributed by atoms with van der Waals surface area (Å²) in [6, 6.07) is 5.65. The van der Waals surface area contributed by atoms with Crippen molar-refractivity contribution in [2.24, 2.45) is 5.92 Å². The minimum absolute atomic E-state index is 0.0985. The summed E-state index contributed by atoms with van der Waals surface area (Å²) in [4.78, 5) is 33.5. The zero-order chi connectivity index (χ0) is 13.1. The molecule has 0 N–H and O–H groups in total. The molecular formula is C13H13NO4. The molecule has 5 heteroatoms. The molecule has 1 fully saturated rings. The van der Waals surface area contributed by atoms with Gasteiger partial charge in [0.05, 0.1) is 4.92 Å². The van der Waals surface area contributed by atoms with Crippen LogP contribution in [-0.2, 0) is 4.79 Å². The van der Waals surface area contributed by atoms with Crippen LogP contribution < -0.4 is 0 Å². The smallest absolute Gasteiger partial charge is 0.270 e. The van der Waals surface area contributed by atoms with E-state index in [2.05, 4.69) is 0 Å². The van der Waals surface area contributed by atoms with Crippen LogP contribution in [0.25, 0.3) is 0 Å². The Balaban J connectivity index is 2.11. The number of hydrogen-bond acceptors (Lipinski definition) is 4. The fraction of sp³-hybridized carbons (Fsp3) is 0.385. The molecule has 0 bridgehead atoms. The van der Waals surface area contributed by atoms with Crippen LogP contribution in [0.5, 0.6) is 0 Å². The molecule has 0 heterocycles. The Morgan fingerprint density at radius 3 is 2.83 bits per heavy atom. The third kappa shape index (κ3) is 2.61. The van der Waals surface area contributed by atoms with Crippen molar-refractivity contribution in [2.75, 3.05) is 0 Å². The topological polar surface area (TPSA) is 77.3 Å². The van der Waals surface area contributed by atoms with Gasteiger partial charge < -0.3 is 0 Å². The second-order valence-corrected chi connectivity index (χ2v) is 4.49. The number of carbonyl (C=O) groups excluding carboxylic acids is 2. The summed E-state index contributed by atoms with van der Waals surface area (Å²) in [6.07, 6.45) is 2.30. The first kappa shape index (κ1) is 12.4. The van der Waals surface area contributed by atoms with E-state index in [1.54, 1.807) is 6.07 Å². The van der Waals surface area contributed by atoms with Crippen LogP contribution >= 0.6 is 0 Å². The lowest BCUT2D eigenvalue weighted by Crippen LogP contribution is -2.12. The second-order valence-electron chi connectivity index (χ2n) is 4.49. The van der Waals surface area contributed by atoms with Gasteiger partial charge in [0.15, 0.2) is 5.78 Å². The van der Waals surface area contributed by atoms with E-state index in [0.717, 1.165) is 12.8 Å². The Kier molecular flexibility index (Phi) is 3.50. The molecule has 1 saturated carbocycles. The van der Waals surface area contributed by atoms with Gasteiger partial charge in [-0.3, -0.25) is 19.7 Å². The fourth-order valence-corrected chi connectivity index (χ4v) is 2.24. The maximum Gasteiger partial charge on any atom is 0.270 e. The normalized spacial score (nSPS) is 18.9. The van der Waals surface area contributed by atoms with E-state index in [9.17, 15) is 19.7 Å². The van der Waals surface area contributed by atoms with Crippen LogP contribution in [0.15, 0.2) is 24.3 Å². The van der Waals surface area contributed by atoms with Gasteiger partial charge in [0.25, 0.3) is 5.69 Å². The zero-order valence-corrected chi connectivity index (χ0v) is 9.80. The van der Waals surface area contributed by atoms with Gasteiger partial charge in [0, 0.05) is 36.5 Å². The van der Waals surface area contributed by atoms with Crippen molar-refractivity contribution < 1.29 is 14.5 Å². The molecule has 1 unspecified atom stereocenters. The Morgan fingerprint density at radius 2 is 2.22 bits per heavy atom. The van der Waals surface area contributed by atoms with Crippen molar-refractivity contribution in [3.8, 4) is 0 Å². The number of rotatable bonds is 4. The van der Waals surface area contributed by atoms with Crippen LogP contribution in [0, 0.1) is 16.0 Å². The van der Waals surface area contributed by atoms with E-state index in [0.29, 0.717) is 12.0 Å². The fourth-order valence-electron chi connectivity index (χ4n) is 2.24. The number of nitro groups is 1. The highest BCUT2D eigenvalue weighted by molar-refractivity contribution is 5.99. The van der Waals surface area contributed by atoms with E-state index in [4.69, 9.17) is 0 Å². The standard InChI is InChI=1S/C13H13NO4/c15-12-6-2-4-10(12)8-13(16)9-3-1-5-11(7-9)14(17)18/h1,3,5,7,10H,2,4,6,8H2. The van der Waals surface area contributed by atoms with Gasteiger partial charge in [-0.1, -0.05) is 12.1 Å². The summed E-state index contributed by atoms with van der Waals surface area (Å²) in [5.74, 6) is -0.260. The van der Waals surface area contributed by atoms with Crippen molar-refractivity contribution in [3.63, 3.8) is 0 Å². The predicted molar refractivity (Wildman–Crippen MR) is 64.4 cm³/mol. The average molecular weight is 247 g/mol. The Hall–Kier alpha value is -2.04. The van der Waals surface area contributed by atoms with Crippen molar-refractivity contribution in [1.82, 2.24) is 0 Å². The number of benzene rings is 1. The maximum absolute atomic E-state index is 11.9. The number of nitrogens with zero attached hydrogens (tertiary/aromatic N) is 1. The molecule has 0 spiro atoms. The van der Waals surface area contributed by atoms with Gasteiger partial charge >= 0.3 is 0 Å². The van der Waals surface area contributed by atoms with Gasteiger partial charge in [0.2, 0.25) is 0 Å². The zero-order valence-electron chi connectivity index (χ0n) is 9.80. The van der Waals surface area contributed by atoms with Crippen LogP contribution in [0.4, 0.5) is 5.69 Å². The van der Waals surface area contributed by atoms with Crippen LogP contribution in [0.3, 0.4) is 0 Å². The van der Waals surface area contributed by atoms with E-state index in [1.807, 2.05) is 0 Å². The van der Waals surface area contributed by atoms with E-state index < -0.39 is 4.92 Å². The lowest BCUT2D eigenvalue weighted by molar-refractivity contribution is -0.384. The molecule has 1 aromatic rings. The van der Waals surface area contributed by atoms with Crippen molar-refractivity contribution in [1.29, 1.82) is 0 Å². The second kappa shape index (κ2) is 5.08. The first-order chi connectivity index (χ1) is 8.58. The summed E-state index contributed by atoms with van der Waals surface area (Å²) in [5, 5.41) is 10.6. The molecule has 94 valence electrons. The molecule has 1 aromatic carbocycles. The molecular weight excluding hydrogens is 234 g/mol. The minimum atomic E-state index is -0.530. The number of non-ortho nitro benzene ring substituents is 1. The van der Waals surface area contributed by atoms with Crippen molar-refractivity contribution in [2.45, 2.75) is 25.7 Å². The van der Waals surface area contributed by atoms with Crippen LogP contribution in [0.2, 0.25) is 0 Å². The number of ketones is 2. The molecule has 1 aliphatic rings. The predicted octanol–water partition coefficient (Wildman–Crippen LogP) is 2.54. The molecule has 0 aromatic heterocycles. The van der Waals surface area contributed by atoms with Gasteiger partial charge in [0.1, 0.15) is 5.78 Å². The SMILES string of the molecule is O=C(CC1CCCC1=O)c1cccc([N+](=O)[O-])c1.